The molecular weight excluding hydrogens is 875 g/mol. The largest absolute Gasteiger partial charge is 0.509 e. The molecule has 2 heterocycles. The fourth-order valence-corrected chi connectivity index (χ4v) is 11.3. The summed E-state index contributed by atoms with van der Waals surface area (Å²) in [6.07, 6.45) is -11.3. The molecule has 7 rings (SSSR count). The number of pyridine rings is 1. The van der Waals surface area contributed by atoms with E-state index in [1.54, 1.807) is 71.9 Å². The van der Waals surface area contributed by atoms with Crippen LogP contribution in [0.25, 0.3) is 0 Å². The molecule has 2 aromatic rings. The van der Waals surface area contributed by atoms with Crippen LogP contribution in [0.3, 0.4) is 0 Å². The zero-order chi connectivity index (χ0) is 49.2. The van der Waals surface area contributed by atoms with Crippen molar-refractivity contribution in [1.29, 1.82) is 0 Å². The second kappa shape index (κ2) is 17.5. The number of rotatable bonds is 10. The molecule has 2 amide bonds. The lowest BCUT2D eigenvalue weighted by Crippen LogP contribution is -2.81. The number of carbonyl (C=O) groups is 7. The van der Waals surface area contributed by atoms with E-state index in [-0.39, 0.29) is 35.2 Å². The number of hydrogen-bond donors (Lipinski definition) is 2. The van der Waals surface area contributed by atoms with Gasteiger partial charge in [-0.05, 0) is 89.3 Å². The lowest BCUT2D eigenvalue weighted by atomic mass is 9.40. The average Bonchev–Trinajstić information content (AvgIpc) is 3.62. The van der Waals surface area contributed by atoms with Gasteiger partial charge in [-0.1, -0.05) is 38.1 Å². The molecule has 2 bridgehead atoms. The third-order valence-electron chi connectivity index (χ3n) is 14.3. The molecule has 5 aliphatic rings. The topological polar surface area (TPSA) is 242 Å². The molecule has 4 fully saturated rings. The SMILES string of the molecule is CO[C@H]1C[C@H]2CC[C@@]2(OC(C)=O)[C@H]2[C@H](OC(=O)c3ccccc3)[C@]34OC(=O)O[C@H]3[C@H](OC(=O)[C@H](O)[C@@H](NC(=O)OC(C)(C)C)c3ccccn3)C(C)=C([C@@H](OC(=O)N(C)C)C(=O)[C@]12C)C4(C)C. The van der Waals surface area contributed by atoms with Gasteiger partial charge >= 0.3 is 36.2 Å². The summed E-state index contributed by atoms with van der Waals surface area (Å²) < 4.78 is 49.6. The number of methoxy groups -OCH3 is 1. The van der Waals surface area contributed by atoms with E-state index >= 15 is 4.79 Å². The van der Waals surface area contributed by atoms with Crippen molar-refractivity contribution < 1.29 is 76.6 Å². The average molecular weight is 934 g/mol. The quantitative estimate of drug-likeness (QED) is 0.177. The van der Waals surface area contributed by atoms with Crippen molar-refractivity contribution in [2.75, 3.05) is 21.2 Å². The molecule has 12 atom stereocenters. The van der Waals surface area contributed by atoms with Crippen LogP contribution in [0.15, 0.2) is 65.9 Å². The molecule has 1 aliphatic heterocycles. The first-order valence-electron chi connectivity index (χ1n) is 22.2. The second-order valence-electron chi connectivity index (χ2n) is 19.8. The summed E-state index contributed by atoms with van der Waals surface area (Å²) in [6.45, 7) is 12.3. The predicted molar refractivity (Wildman–Crippen MR) is 232 cm³/mol. The highest BCUT2D eigenvalue weighted by Gasteiger charge is 2.83. The molecule has 2 N–H and O–H groups in total. The van der Waals surface area contributed by atoms with Crippen molar-refractivity contribution in [3.8, 4) is 0 Å². The van der Waals surface area contributed by atoms with Crippen molar-refractivity contribution in [2.24, 2.45) is 22.7 Å². The third-order valence-corrected chi connectivity index (χ3v) is 14.3. The minimum absolute atomic E-state index is 0.00440. The zero-order valence-corrected chi connectivity index (χ0v) is 39.5. The van der Waals surface area contributed by atoms with E-state index in [9.17, 15) is 33.9 Å². The van der Waals surface area contributed by atoms with Crippen molar-refractivity contribution in [3.63, 3.8) is 0 Å². The number of aliphatic hydroxyl groups excluding tert-OH is 1. The fourth-order valence-electron chi connectivity index (χ4n) is 11.3. The number of fused-ring (bicyclic) bond motifs is 4. The molecule has 1 aromatic carbocycles. The molecule has 0 radical (unpaired) electrons. The summed E-state index contributed by atoms with van der Waals surface area (Å²) in [7, 11) is 4.24. The number of nitrogens with zero attached hydrogens (tertiary/aromatic N) is 2. The van der Waals surface area contributed by atoms with Gasteiger partial charge in [-0.3, -0.25) is 14.6 Å². The molecule has 1 saturated heterocycles. The number of amides is 2. The van der Waals surface area contributed by atoms with Crippen LogP contribution in [0.1, 0.15) is 96.7 Å². The Kier molecular flexibility index (Phi) is 12.8. The normalized spacial score (nSPS) is 32.3. The highest BCUT2D eigenvalue weighted by atomic mass is 16.8. The Labute approximate surface area is 388 Å². The molecule has 19 nitrogen and oxygen atoms in total. The Morgan fingerprint density at radius 3 is 2.21 bits per heavy atom. The maximum Gasteiger partial charge on any atom is 0.509 e. The Morgan fingerprint density at radius 1 is 0.970 bits per heavy atom. The van der Waals surface area contributed by atoms with Gasteiger partial charge in [0.2, 0.25) is 5.60 Å². The molecular formula is C48H59N3O16. The van der Waals surface area contributed by atoms with E-state index in [1.165, 1.54) is 59.4 Å². The standard InChI is InChI=1S/C48H59N3O16/c1-24-30-34(62-42(58)51(9)10)36(54)46(8)29(60-11)23-27-20-21-47(27,65-25(2)52)35(46)38(63-39(55)26-17-13-12-14-18-26)48(45(30,6)7)37(64-43(59)67-48)33(24)61-40(56)32(53)31(28-19-15-16-22-49-28)50-41(57)66-44(3,4)5/h12-19,22,27,29,31-35,37-38,53H,20-21,23H2,1-11H3,(H,50,57)/t27-,29+,31+,32-,33-,34-,35+,37+,38+,46-,47+,48-/m1/s1. The highest BCUT2D eigenvalue weighted by molar-refractivity contribution is 5.96. The number of Topliss-reactive ketones (excluding diaryl/α,β-unsaturated/α-hetero) is 1. The van der Waals surface area contributed by atoms with Crippen molar-refractivity contribution in [2.45, 2.75) is 134 Å². The van der Waals surface area contributed by atoms with E-state index < -0.39 is 124 Å². The van der Waals surface area contributed by atoms with Gasteiger partial charge in [-0.15, -0.1) is 0 Å². The molecule has 362 valence electrons. The number of alkyl carbamates (subject to hydrolysis) is 1. The van der Waals surface area contributed by atoms with Gasteiger partial charge in [0.1, 0.15) is 17.2 Å². The number of aliphatic hydroxyl groups is 1. The van der Waals surface area contributed by atoms with Crippen LogP contribution in [0, 0.1) is 22.7 Å². The monoisotopic (exact) mass is 933 g/mol. The summed E-state index contributed by atoms with van der Waals surface area (Å²) in [6, 6.07) is 11.0. The fraction of sp³-hybridized carbons (Fsp3) is 0.583. The van der Waals surface area contributed by atoms with Crippen molar-refractivity contribution >= 4 is 42.0 Å². The van der Waals surface area contributed by atoms with E-state index in [0.29, 0.717) is 6.42 Å². The number of esters is 3. The van der Waals surface area contributed by atoms with Gasteiger partial charge in [0, 0.05) is 45.7 Å². The van der Waals surface area contributed by atoms with Gasteiger partial charge in [0.15, 0.2) is 36.3 Å². The summed E-state index contributed by atoms with van der Waals surface area (Å²) >= 11 is 0. The number of benzene rings is 1. The first-order valence-corrected chi connectivity index (χ1v) is 22.2. The van der Waals surface area contributed by atoms with Crippen molar-refractivity contribution in [1.82, 2.24) is 15.2 Å². The Morgan fingerprint density at radius 2 is 1.64 bits per heavy atom. The number of ether oxygens (including phenoxy) is 8. The van der Waals surface area contributed by atoms with E-state index in [2.05, 4.69) is 10.3 Å². The Balaban J connectivity index is 1.49. The van der Waals surface area contributed by atoms with E-state index in [1.807, 2.05) is 0 Å². The number of nitrogens with one attached hydrogen (secondary N) is 1. The Bertz CT molecular complexity index is 2350. The molecule has 67 heavy (non-hydrogen) atoms. The molecule has 1 aromatic heterocycles. The van der Waals surface area contributed by atoms with Crippen LogP contribution < -0.4 is 5.32 Å². The van der Waals surface area contributed by atoms with E-state index in [4.69, 9.17) is 37.9 Å². The van der Waals surface area contributed by atoms with Crippen LogP contribution in [-0.2, 0) is 52.3 Å². The lowest BCUT2D eigenvalue weighted by Gasteiger charge is -2.68. The van der Waals surface area contributed by atoms with Crippen LogP contribution >= 0.6 is 0 Å². The van der Waals surface area contributed by atoms with Crippen LogP contribution in [0.5, 0.6) is 0 Å². The van der Waals surface area contributed by atoms with Crippen LogP contribution in [-0.4, -0.2) is 132 Å². The first kappa shape index (κ1) is 48.8. The minimum Gasteiger partial charge on any atom is -0.458 e. The summed E-state index contributed by atoms with van der Waals surface area (Å²) in [5, 5.41) is 14.4. The minimum atomic E-state index is -2.31. The van der Waals surface area contributed by atoms with Gasteiger partial charge in [0.25, 0.3) is 0 Å². The Hall–Kier alpha value is -6.08. The molecule has 19 heteroatoms. The zero-order valence-electron chi connectivity index (χ0n) is 39.5. The molecule has 1 spiro atoms. The predicted octanol–water partition coefficient (Wildman–Crippen LogP) is 5.18. The van der Waals surface area contributed by atoms with Gasteiger partial charge in [-0.25, -0.2) is 24.0 Å². The van der Waals surface area contributed by atoms with Gasteiger partial charge in [0.05, 0.1) is 28.7 Å². The smallest absolute Gasteiger partial charge is 0.458 e. The van der Waals surface area contributed by atoms with E-state index in [0.717, 1.165) is 4.90 Å². The van der Waals surface area contributed by atoms with Crippen molar-refractivity contribution in [3.05, 3.63) is 77.1 Å². The molecule has 3 saturated carbocycles. The van der Waals surface area contributed by atoms with Crippen LogP contribution in [0.2, 0.25) is 0 Å². The second-order valence-corrected chi connectivity index (χ2v) is 19.8. The number of ketones is 1. The number of carbonyl (C=O) groups excluding carboxylic acids is 7. The lowest BCUT2D eigenvalue weighted by molar-refractivity contribution is -0.298. The van der Waals surface area contributed by atoms with Gasteiger partial charge < -0.3 is 53.2 Å². The van der Waals surface area contributed by atoms with Crippen LogP contribution in [0.4, 0.5) is 14.4 Å². The maximum atomic E-state index is 16.1. The third kappa shape index (κ3) is 8.06. The maximum absolute atomic E-state index is 16.1. The highest BCUT2D eigenvalue weighted by Crippen LogP contribution is 2.69. The van der Waals surface area contributed by atoms with Gasteiger partial charge in [-0.2, -0.15) is 0 Å². The first-order chi connectivity index (χ1) is 31.3. The summed E-state index contributed by atoms with van der Waals surface area (Å²) in [4.78, 5) is 105. The summed E-state index contributed by atoms with van der Waals surface area (Å²) in [5.74, 6) is -5.63. The number of aromatic nitrogens is 1. The summed E-state index contributed by atoms with van der Waals surface area (Å²) in [5.41, 5.74) is -8.31. The molecule has 4 aliphatic carbocycles. The molecule has 0 unspecified atom stereocenters. The number of hydrogen-bond acceptors (Lipinski definition) is 17.